The van der Waals surface area contributed by atoms with Gasteiger partial charge in [-0.3, -0.25) is 14.6 Å². The molecule has 1 N–H and O–H groups in total. The van der Waals surface area contributed by atoms with Crippen LogP contribution in [0.2, 0.25) is 5.02 Å². The lowest BCUT2D eigenvalue weighted by Crippen LogP contribution is -2.36. The normalized spacial score (nSPS) is 17.9. The molecule has 8 heteroatoms. The van der Waals surface area contributed by atoms with E-state index in [0.29, 0.717) is 21.8 Å². The molecule has 156 valence electrons. The number of hydrogen-bond acceptors (Lipinski definition) is 5. The Balaban J connectivity index is 1.51. The number of nitrogens with zero attached hydrogens (tertiary/aromatic N) is 2. The summed E-state index contributed by atoms with van der Waals surface area (Å²) in [6, 6.07) is 11.1. The molecule has 0 atom stereocenters. The fourth-order valence-electron chi connectivity index (χ4n) is 4.22. The number of fused-ring (bicyclic) bond motifs is 5. The fraction of sp³-hybridized carbons (Fsp3) is 0.318. The lowest BCUT2D eigenvalue weighted by Gasteiger charge is -2.26. The van der Waals surface area contributed by atoms with Crippen LogP contribution in [0.3, 0.4) is 0 Å². The van der Waals surface area contributed by atoms with E-state index in [0.717, 1.165) is 62.2 Å². The first-order chi connectivity index (χ1) is 14.5. The summed E-state index contributed by atoms with van der Waals surface area (Å²) in [6.07, 6.45) is 3.54. The van der Waals surface area contributed by atoms with Gasteiger partial charge in [0.25, 0.3) is 10.0 Å². The highest BCUT2D eigenvalue weighted by atomic mass is 35.5. The van der Waals surface area contributed by atoms with Crippen molar-refractivity contribution in [3.05, 3.63) is 53.2 Å². The Hall–Kier alpha value is -2.19. The molecular weight excluding hydrogens is 422 g/mol. The van der Waals surface area contributed by atoms with Crippen LogP contribution in [-0.2, 0) is 21.2 Å². The smallest absolute Gasteiger partial charge is 0.262 e. The van der Waals surface area contributed by atoms with E-state index in [1.165, 1.54) is 0 Å². The Kier molecular flexibility index (Phi) is 5.14. The maximum Gasteiger partial charge on any atom is 0.262 e. The topological polar surface area (TPSA) is 71.5 Å². The molecule has 6 nitrogen and oxygen atoms in total. The van der Waals surface area contributed by atoms with Crippen molar-refractivity contribution in [2.75, 3.05) is 37.6 Å². The molecule has 3 heterocycles. The molecule has 3 aromatic rings. The van der Waals surface area contributed by atoms with E-state index in [9.17, 15) is 8.42 Å². The highest BCUT2D eigenvalue weighted by Gasteiger charge is 2.30. The Bertz CT molecular complexity index is 1220. The van der Waals surface area contributed by atoms with Gasteiger partial charge in [0.05, 0.1) is 34.3 Å². The first kappa shape index (κ1) is 19.8. The number of rotatable bonds is 4. The number of ether oxygens (including phenoxy) is 1. The van der Waals surface area contributed by atoms with Crippen LogP contribution in [0, 0.1) is 0 Å². The van der Waals surface area contributed by atoms with Gasteiger partial charge in [-0.1, -0.05) is 17.7 Å². The Morgan fingerprint density at radius 1 is 1.13 bits per heavy atom. The zero-order chi connectivity index (χ0) is 20.7. The van der Waals surface area contributed by atoms with Crippen LogP contribution in [0.5, 0.6) is 0 Å². The third-order valence-electron chi connectivity index (χ3n) is 5.75. The van der Waals surface area contributed by atoms with Crippen molar-refractivity contribution < 1.29 is 13.2 Å². The van der Waals surface area contributed by atoms with Gasteiger partial charge >= 0.3 is 0 Å². The molecule has 1 fully saturated rings. The zero-order valence-electron chi connectivity index (χ0n) is 16.4. The van der Waals surface area contributed by atoms with Crippen LogP contribution in [-0.4, -0.2) is 51.1 Å². The van der Waals surface area contributed by atoms with Crippen molar-refractivity contribution in [3.63, 3.8) is 0 Å². The average Bonchev–Trinajstić information content (AvgIpc) is 2.76. The molecule has 0 bridgehead atoms. The van der Waals surface area contributed by atoms with Gasteiger partial charge in [0, 0.05) is 35.8 Å². The summed E-state index contributed by atoms with van der Waals surface area (Å²) in [5.41, 5.74) is 3.62. The maximum absolute atomic E-state index is 12.9. The highest BCUT2D eigenvalue weighted by Crippen LogP contribution is 2.45. The second-order valence-electron chi connectivity index (χ2n) is 7.67. The average molecular weight is 444 g/mol. The third kappa shape index (κ3) is 3.56. The first-order valence-corrected chi connectivity index (χ1v) is 11.9. The monoisotopic (exact) mass is 443 g/mol. The lowest BCUT2D eigenvalue weighted by atomic mass is 9.97. The van der Waals surface area contributed by atoms with Crippen molar-refractivity contribution in [2.24, 2.45) is 0 Å². The maximum atomic E-state index is 12.9. The molecule has 1 saturated heterocycles. The third-order valence-corrected chi connectivity index (χ3v) is 7.47. The predicted octanol–water partition coefficient (Wildman–Crippen LogP) is 3.93. The van der Waals surface area contributed by atoms with E-state index >= 15 is 0 Å². The summed E-state index contributed by atoms with van der Waals surface area (Å²) >= 11 is 6.51. The summed E-state index contributed by atoms with van der Waals surface area (Å²) < 4.78 is 33.9. The van der Waals surface area contributed by atoms with Crippen molar-refractivity contribution >= 4 is 38.2 Å². The van der Waals surface area contributed by atoms with Crippen molar-refractivity contribution in [3.8, 4) is 11.1 Å². The largest absolute Gasteiger partial charge is 0.379 e. The minimum atomic E-state index is -3.67. The second kappa shape index (κ2) is 7.81. The van der Waals surface area contributed by atoms with Crippen molar-refractivity contribution in [2.45, 2.75) is 17.7 Å². The summed E-state index contributed by atoms with van der Waals surface area (Å²) in [7, 11) is -3.67. The molecule has 2 aromatic carbocycles. The molecule has 0 saturated carbocycles. The SMILES string of the molecule is O=S1(=O)Nc2c(cc(Cl)c3cccnc23)-c2cc(CCCN3CCOCC3)ccc21. The quantitative estimate of drug-likeness (QED) is 0.661. The van der Waals surface area contributed by atoms with E-state index in [1.807, 2.05) is 24.3 Å². The van der Waals surface area contributed by atoms with Crippen LogP contribution in [0.4, 0.5) is 5.69 Å². The van der Waals surface area contributed by atoms with E-state index in [1.54, 1.807) is 18.3 Å². The zero-order valence-corrected chi connectivity index (χ0v) is 18.0. The Morgan fingerprint density at radius 3 is 2.80 bits per heavy atom. The molecule has 2 aliphatic rings. The standard InChI is InChI=1S/C22H22ClN3O3S/c23-19-14-18-17-13-15(3-2-8-26-9-11-29-12-10-26)5-6-20(17)30(27,28)25-22(18)21-16(19)4-1-7-24-21/h1,4-7,13-14,25H,2-3,8-12H2. The molecule has 0 spiro atoms. The summed E-state index contributed by atoms with van der Waals surface area (Å²) in [5.74, 6) is 0. The lowest BCUT2D eigenvalue weighted by molar-refractivity contribution is 0.0375. The van der Waals surface area contributed by atoms with Gasteiger partial charge in [0.15, 0.2) is 0 Å². The minimum absolute atomic E-state index is 0.276. The van der Waals surface area contributed by atoms with Gasteiger partial charge in [-0.05, 0) is 55.3 Å². The molecule has 0 amide bonds. The van der Waals surface area contributed by atoms with Gasteiger partial charge in [-0.15, -0.1) is 0 Å². The second-order valence-corrected chi connectivity index (χ2v) is 9.73. The molecule has 0 aliphatic carbocycles. The summed E-state index contributed by atoms with van der Waals surface area (Å²) in [6.45, 7) is 4.55. The number of anilines is 1. The van der Waals surface area contributed by atoms with Gasteiger partial charge in [-0.25, -0.2) is 8.42 Å². The van der Waals surface area contributed by atoms with Crippen LogP contribution in [0.25, 0.3) is 22.0 Å². The van der Waals surface area contributed by atoms with Crippen molar-refractivity contribution in [1.82, 2.24) is 9.88 Å². The van der Waals surface area contributed by atoms with Gasteiger partial charge < -0.3 is 4.74 Å². The number of pyridine rings is 1. The molecule has 1 aromatic heterocycles. The number of aryl methyl sites for hydroxylation is 1. The first-order valence-electron chi connectivity index (χ1n) is 10.1. The van der Waals surface area contributed by atoms with Crippen LogP contribution in [0.1, 0.15) is 12.0 Å². The van der Waals surface area contributed by atoms with E-state index in [4.69, 9.17) is 16.3 Å². The number of sulfonamides is 1. The predicted molar refractivity (Wildman–Crippen MR) is 119 cm³/mol. The van der Waals surface area contributed by atoms with Gasteiger partial charge in [0.1, 0.15) is 0 Å². The number of aromatic nitrogens is 1. The Morgan fingerprint density at radius 2 is 1.97 bits per heavy atom. The molecule has 30 heavy (non-hydrogen) atoms. The number of nitrogens with one attached hydrogen (secondary N) is 1. The van der Waals surface area contributed by atoms with E-state index < -0.39 is 10.0 Å². The summed E-state index contributed by atoms with van der Waals surface area (Å²) in [5, 5.41) is 1.28. The number of halogens is 1. The highest BCUT2D eigenvalue weighted by molar-refractivity contribution is 7.93. The van der Waals surface area contributed by atoms with Gasteiger partial charge in [-0.2, -0.15) is 0 Å². The number of morpholine rings is 1. The van der Waals surface area contributed by atoms with Crippen LogP contribution < -0.4 is 4.72 Å². The number of hydrogen-bond donors (Lipinski definition) is 1. The van der Waals surface area contributed by atoms with E-state index in [2.05, 4.69) is 14.6 Å². The minimum Gasteiger partial charge on any atom is -0.379 e. The van der Waals surface area contributed by atoms with E-state index in [-0.39, 0.29) is 4.90 Å². The molecule has 5 rings (SSSR count). The summed E-state index contributed by atoms with van der Waals surface area (Å²) in [4.78, 5) is 7.07. The van der Waals surface area contributed by atoms with Crippen LogP contribution >= 0.6 is 11.6 Å². The molecule has 2 aliphatic heterocycles. The molecule has 0 unspecified atom stereocenters. The number of benzene rings is 2. The van der Waals surface area contributed by atoms with Gasteiger partial charge in [0.2, 0.25) is 0 Å². The van der Waals surface area contributed by atoms with Crippen LogP contribution in [0.15, 0.2) is 47.5 Å². The van der Waals surface area contributed by atoms with Crippen molar-refractivity contribution in [1.29, 1.82) is 0 Å². The fourth-order valence-corrected chi connectivity index (χ4v) is 5.77. The Labute approximate surface area is 180 Å². The molecular formula is C22H22ClN3O3S. The molecule has 0 radical (unpaired) electrons.